The van der Waals surface area contributed by atoms with Gasteiger partial charge in [0.2, 0.25) is 0 Å². The number of carbonyl (C=O) groups is 1. The summed E-state index contributed by atoms with van der Waals surface area (Å²) in [5.41, 5.74) is 0.918. The van der Waals surface area contributed by atoms with Crippen molar-refractivity contribution in [2.75, 3.05) is 6.61 Å². The highest BCUT2D eigenvalue weighted by Gasteiger charge is 2.22. The second kappa shape index (κ2) is 11.7. The summed E-state index contributed by atoms with van der Waals surface area (Å²) in [6, 6.07) is 7.05. The maximum absolute atomic E-state index is 13.4. The van der Waals surface area contributed by atoms with E-state index in [0.29, 0.717) is 43.6 Å². The Bertz CT molecular complexity index is 1360. The molecule has 0 saturated carbocycles. The Morgan fingerprint density at radius 1 is 1.20 bits per heavy atom. The van der Waals surface area contributed by atoms with E-state index in [2.05, 4.69) is 52.9 Å². The quantitative estimate of drug-likeness (QED) is 0.267. The summed E-state index contributed by atoms with van der Waals surface area (Å²) in [5.74, 6) is 0.0375. The predicted molar refractivity (Wildman–Crippen MR) is 146 cm³/mol. The van der Waals surface area contributed by atoms with Crippen molar-refractivity contribution < 1.29 is 19.4 Å². The van der Waals surface area contributed by atoms with Gasteiger partial charge < -0.3 is 14.6 Å². The van der Waals surface area contributed by atoms with Gasteiger partial charge >= 0.3 is 5.97 Å². The number of fused-ring (bicyclic) bond motifs is 1. The van der Waals surface area contributed by atoms with Crippen LogP contribution in [0, 0.1) is 0 Å². The van der Waals surface area contributed by atoms with Crippen molar-refractivity contribution >= 4 is 70.9 Å². The molecule has 1 heterocycles. The minimum atomic E-state index is -1.10. The number of carboxylic acid groups (broad SMARTS) is 1. The Morgan fingerprint density at radius 3 is 2.54 bits per heavy atom. The zero-order valence-electron chi connectivity index (χ0n) is 19.5. The van der Waals surface area contributed by atoms with Gasteiger partial charge in [-0.25, -0.2) is 9.78 Å². The third-order valence-electron chi connectivity index (χ3n) is 5.30. The van der Waals surface area contributed by atoms with E-state index in [-0.39, 0.29) is 17.2 Å². The minimum Gasteiger partial charge on any atom is -0.490 e. The number of halogens is 3. The van der Waals surface area contributed by atoms with Gasteiger partial charge in [0.1, 0.15) is 5.82 Å². The Hall–Kier alpha value is -2.24. The second-order valence-electron chi connectivity index (χ2n) is 7.75. The first-order valence-electron chi connectivity index (χ1n) is 10.9. The number of nitrogens with zero attached hydrogens (tertiary/aromatic N) is 3. The second-order valence-corrected chi connectivity index (χ2v) is 10.3. The predicted octanol–water partition coefficient (Wildman–Crippen LogP) is 6.33. The van der Waals surface area contributed by atoms with Gasteiger partial charge in [-0.15, -0.1) is 0 Å². The van der Waals surface area contributed by atoms with E-state index in [1.807, 2.05) is 26.8 Å². The van der Waals surface area contributed by atoms with Gasteiger partial charge in [-0.05, 0) is 76.4 Å². The number of aromatic nitrogens is 2. The summed E-state index contributed by atoms with van der Waals surface area (Å²) >= 11 is 10.4. The molecule has 0 aliphatic rings. The Morgan fingerprint density at radius 2 is 1.91 bits per heavy atom. The van der Waals surface area contributed by atoms with E-state index in [1.165, 1.54) is 17.8 Å². The Balaban J connectivity index is 2.17. The molecule has 1 N–H and O–H groups in total. The van der Waals surface area contributed by atoms with Crippen LogP contribution in [0.2, 0.25) is 0 Å². The highest BCUT2D eigenvalue weighted by atomic mass is 79.9. The molecule has 1 aromatic heterocycles. The van der Waals surface area contributed by atoms with Gasteiger partial charge in [0.05, 0.1) is 28.2 Å². The topological polar surface area (TPSA) is 103 Å². The first-order valence-corrected chi connectivity index (χ1v) is 13.3. The Kier molecular flexibility index (Phi) is 9.11. The van der Waals surface area contributed by atoms with Crippen molar-refractivity contribution in [1.82, 2.24) is 9.66 Å². The third kappa shape index (κ3) is 5.95. The standard InChI is InChI=1S/C24H24Br3N3O5/c1-5-12(3)22-29-17-8-7-15(25)10-16(17)23(31)30(22)28-11-14-9-18(34-6-2)21(20(27)19(14)26)35-13(4)24(32)33/h7-13H,5-6H2,1-4H3,(H,32,33)/t12-,13+/m1/s1. The van der Waals surface area contributed by atoms with E-state index >= 15 is 0 Å². The summed E-state index contributed by atoms with van der Waals surface area (Å²) in [4.78, 5) is 29.4. The molecule has 0 spiro atoms. The van der Waals surface area contributed by atoms with Gasteiger partial charge in [-0.2, -0.15) is 9.78 Å². The zero-order chi connectivity index (χ0) is 25.9. The van der Waals surface area contributed by atoms with Gasteiger partial charge in [0, 0.05) is 20.4 Å². The average Bonchev–Trinajstić information content (AvgIpc) is 2.83. The maximum Gasteiger partial charge on any atom is 0.344 e. The molecule has 2 aromatic carbocycles. The molecule has 3 rings (SSSR count). The first kappa shape index (κ1) is 27.3. The lowest BCUT2D eigenvalue weighted by atomic mass is 10.1. The number of hydrogen-bond acceptors (Lipinski definition) is 6. The van der Waals surface area contributed by atoms with Gasteiger partial charge in [0.25, 0.3) is 5.56 Å². The van der Waals surface area contributed by atoms with Gasteiger partial charge in [-0.3, -0.25) is 4.79 Å². The molecular weight excluding hydrogens is 650 g/mol. The van der Waals surface area contributed by atoms with Crippen LogP contribution in [0.5, 0.6) is 11.5 Å². The Labute approximate surface area is 227 Å². The van der Waals surface area contributed by atoms with E-state index in [0.717, 1.165) is 10.9 Å². The highest BCUT2D eigenvalue weighted by molar-refractivity contribution is 9.13. The van der Waals surface area contributed by atoms with Crippen LogP contribution in [0.4, 0.5) is 0 Å². The van der Waals surface area contributed by atoms with Crippen LogP contribution in [-0.4, -0.2) is 39.7 Å². The largest absolute Gasteiger partial charge is 0.490 e. The number of rotatable bonds is 9. The normalized spacial score (nSPS) is 13.2. The molecule has 0 saturated heterocycles. The maximum atomic E-state index is 13.4. The van der Waals surface area contributed by atoms with Crippen LogP contribution in [0.1, 0.15) is 51.4 Å². The summed E-state index contributed by atoms with van der Waals surface area (Å²) in [7, 11) is 0. The number of hydrogen-bond donors (Lipinski definition) is 1. The van der Waals surface area contributed by atoms with E-state index in [4.69, 9.17) is 14.5 Å². The molecule has 0 unspecified atom stereocenters. The van der Waals surface area contributed by atoms with Crippen molar-refractivity contribution in [1.29, 1.82) is 0 Å². The summed E-state index contributed by atoms with van der Waals surface area (Å²) < 4.78 is 14.4. The first-order chi connectivity index (χ1) is 16.6. The van der Waals surface area contributed by atoms with Crippen molar-refractivity contribution in [2.24, 2.45) is 5.10 Å². The molecule has 0 fully saturated rings. The molecule has 2 atom stereocenters. The number of ether oxygens (including phenoxy) is 2. The molecule has 186 valence electrons. The van der Waals surface area contributed by atoms with Crippen molar-refractivity contribution in [3.63, 3.8) is 0 Å². The molecule has 0 radical (unpaired) electrons. The molecular formula is C24H24Br3N3O5. The molecule has 3 aromatic rings. The van der Waals surface area contributed by atoms with Crippen LogP contribution in [0.3, 0.4) is 0 Å². The molecule has 0 amide bonds. The monoisotopic (exact) mass is 671 g/mol. The van der Waals surface area contributed by atoms with Crippen LogP contribution >= 0.6 is 47.8 Å². The lowest BCUT2D eigenvalue weighted by molar-refractivity contribution is -0.144. The fourth-order valence-corrected chi connectivity index (χ4v) is 4.47. The zero-order valence-corrected chi connectivity index (χ0v) is 24.3. The molecule has 0 aliphatic carbocycles. The summed E-state index contributed by atoms with van der Waals surface area (Å²) in [5, 5.41) is 14.2. The van der Waals surface area contributed by atoms with Gasteiger partial charge in [0.15, 0.2) is 17.6 Å². The lowest BCUT2D eigenvalue weighted by Gasteiger charge is -2.18. The van der Waals surface area contributed by atoms with Crippen LogP contribution in [-0.2, 0) is 4.79 Å². The van der Waals surface area contributed by atoms with Crippen LogP contribution in [0.15, 0.2) is 47.6 Å². The van der Waals surface area contributed by atoms with E-state index < -0.39 is 12.1 Å². The molecule has 0 bridgehead atoms. The van der Waals surface area contributed by atoms with Gasteiger partial charge in [-0.1, -0.05) is 29.8 Å². The molecule has 8 nitrogen and oxygen atoms in total. The minimum absolute atomic E-state index is 0.00431. The van der Waals surface area contributed by atoms with Crippen molar-refractivity contribution in [3.05, 3.63) is 59.4 Å². The molecule has 35 heavy (non-hydrogen) atoms. The van der Waals surface area contributed by atoms with E-state index in [1.54, 1.807) is 18.2 Å². The number of benzene rings is 2. The average molecular weight is 674 g/mol. The molecule has 11 heteroatoms. The molecule has 0 aliphatic heterocycles. The number of aliphatic carboxylic acids is 1. The smallest absolute Gasteiger partial charge is 0.344 e. The van der Waals surface area contributed by atoms with E-state index in [9.17, 15) is 14.7 Å². The van der Waals surface area contributed by atoms with Crippen molar-refractivity contribution in [2.45, 2.75) is 46.1 Å². The number of carboxylic acids is 1. The fraction of sp³-hybridized carbons (Fsp3) is 0.333. The van der Waals surface area contributed by atoms with Crippen molar-refractivity contribution in [3.8, 4) is 11.5 Å². The lowest BCUT2D eigenvalue weighted by Crippen LogP contribution is -2.24. The summed E-state index contributed by atoms with van der Waals surface area (Å²) in [6.45, 7) is 7.60. The van der Waals surface area contributed by atoms with Crippen LogP contribution in [0.25, 0.3) is 10.9 Å². The SMILES string of the molecule is CCOc1cc(C=Nn2c([C@H](C)CC)nc3ccc(Br)cc3c2=O)c(Br)c(Br)c1O[C@@H](C)C(=O)O. The summed E-state index contributed by atoms with van der Waals surface area (Å²) in [6.07, 6.45) is 1.22. The highest BCUT2D eigenvalue weighted by Crippen LogP contribution is 2.43. The third-order valence-corrected chi connectivity index (χ3v) is 7.93. The van der Waals surface area contributed by atoms with Crippen LogP contribution < -0.4 is 15.0 Å². The fourth-order valence-electron chi connectivity index (χ4n) is 3.20.